The van der Waals surface area contributed by atoms with E-state index in [1.807, 2.05) is 65.3 Å². The Morgan fingerprint density at radius 3 is 2.36 bits per heavy atom. The van der Waals surface area contributed by atoms with Gasteiger partial charge in [0.25, 0.3) is 5.91 Å². The number of amides is 1. The summed E-state index contributed by atoms with van der Waals surface area (Å²) < 4.78 is 26.1. The van der Waals surface area contributed by atoms with E-state index in [0.29, 0.717) is 49.8 Å². The monoisotopic (exact) mass is 484 g/mol. The molecular formula is C30H29FN2O3. The minimum atomic E-state index is -0.236. The molecule has 1 aliphatic rings. The molecule has 0 saturated carbocycles. The summed E-state index contributed by atoms with van der Waals surface area (Å²) in [6.45, 7) is 4.97. The molecule has 36 heavy (non-hydrogen) atoms. The molecule has 0 aliphatic carbocycles. The van der Waals surface area contributed by atoms with Gasteiger partial charge < -0.3 is 19.3 Å². The molecule has 4 aromatic rings. The number of carbonyl (C=O) groups excluding carboxylic acids is 1. The number of piperazine rings is 1. The van der Waals surface area contributed by atoms with Gasteiger partial charge in [-0.15, -0.1) is 0 Å². The molecule has 0 aromatic heterocycles. The molecule has 6 heteroatoms. The van der Waals surface area contributed by atoms with E-state index >= 15 is 0 Å². The van der Waals surface area contributed by atoms with Crippen LogP contribution in [0.1, 0.15) is 22.8 Å². The number of hydrogen-bond acceptors (Lipinski definition) is 4. The first-order valence-corrected chi connectivity index (χ1v) is 12.3. The highest BCUT2D eigenvalue weighted by molar-refractivity contribution is 5.94. The number of fused-ring (bicyclic) bond motifs is 1. The van der Waals surface area contributed by atoms with Crippen LogP contribution < -0.4 is 14.4 Å². The van der Waals surface area contributed by atoms with Crippen LogP contribution in [0.5, 0.6) is 11.5 Å². The number of rotatable bonds is 7. The van der Waals surface area contributed by atoms with Crippen LogP contribution in [0.4, 0.5) is 10.1 Å². The summed E-state index contributed by atoms with van der Waals surface area (Å²) in [4.78, 5) is 17.1. The van der Waals surface area contributed by atoms with Gasteiger partial charge in [-0.25, -0.2) is 4.39 Å². The molecule has 4 aromatic carbocycles. The minimum Gasteiger partial charge on any atom is -0.493 e. The largest absolute Gasteiger partial charge is 0.493 e. The summed E-state index contributed by atoms with van der Waals surface area (Å²) in [5, 5.41) is 2.26. The standard InChI is InChI=1S/C30H29FN2O3/c1-2-35-29-14-12-24(19-25(29)21-36-26-13-11-22-7-3-4-8-23(22)20-26)30(34)33-17-15-32(16-18-33)28-10-6-5-9-27(28)31/h3-14,19-20H,2,15-18,21H2,1H3. The van der Waals surface area contributed by atoms with Crippen molar-refractivity contribution in [3.05, 3.63) is 102 Å². The van der Waals surface area contributed by atoms with Crippen LogP contribution in [0.15, 0.2) is 84.9 Å². The van der Waals surface area contributed by atoms with Crippen molar-refractivity contribution in [2.45, 2.75) is 13.5 Å². The van der Waals surface area contributed by atoms with Gasteiger partial charge in [-0.2, -0.15) is 0 Å². The van der Waals surface area contributed by atoms with Crippen molar-refractivity contribution in [2.24, 2.45) is 0 Å². The predicted molar refractivity (Wildman–Crippen MR) is 140 cm³/mol. The van der Waals surface area contributed by atoms with E-state index in [1.54, 1.807) is 18.2 Å². The highest BCUT2D eigenvalue weighted by atomic mass is 19.1. The summed E-state index contributed by atoms with van der Waals surface area (Å²) in [6.07, 6.45) is 0. The lowest BCUT2D eigenvalue weighted by molar-refractivity contribution is 0.0746. The lowest BCUT2D eigenvalue weighted by Crippen LogP contribution is -2.49. The fourth-order valence-corrected chi connectivity index (χ4v) is 4.58. The highest BCUT2D eigenvalue weighted by Gasteiger charge is 2.24. The fourth-order valence-electron chi connectivity index (χ4n) is 4.58. The van der Waals surface area contributed by atoms with Gasteiger partial charge in [0.15, 0.2) is 0 Å². The Labute approximate surface area is 210 Å². The maximum atomic E-state index is 14.2. The number of hydrogen-bond donors (Lipinski definition) is 0. The smallest absolute Gasteiger partial charge is 0.253 e. The van der Waals surface area contributed by atoms with Crippen molar-refractivity contribution in [3.8, 4) is 11.5 Å². The first kappa shape index (κ1) is 23.7. The third-order valence-corrected chi connectivity index (χ3v) is 6.48. The Bertz CT molecular complexity index is 1370. The Hall–Kier alpha value is -4.06. The van der Waals surface area contributed by atoms with Gasteiger partial charge >= 0.3 is 0 Å². The molecule has 0 radical (unpaired) electrons. The lowest BCUT2D eigenvalue weighted by atomic mass is 10.1. The number of benzene rings is 4. The Morgan fingerprint density at radius 1 is 0.833 bits per heavy atom. The van der Waals surface area contributed by atoms with Gasteiger partial charge in [-0.1, -0.05) is 42.5 Å². The molecule has 0 unspecified atom stereocenters. The van der Waals surface area contributed by atoms with Crippen LogP contribution in [-0.4, -0.2) is 43.6 Å². The van der Waals surface area contributed by atoms with E-state index in [0.717, 1.165) is 22.1 Å². The maximum absolute atomic E-state index is 14.2. The number of para-hydroxylation sites is 1. The minimum absolute atomic E-state index is 0.0433. The van der Waals surface area contributed by atoms with Crippen LogP contribution in [0.25, 0.3) is 10.8 Å². The number of ether oxygens (including phenoxy) is 2. The molecule has 1 amide bonds. The van der Waals surface area contributed by atoms with E-state index in [4.69, 9.17) is 9.47 Å². The van der Waals surface area contributed by atoms with Crippen LogP contribution in [0.3, 0.4) is 0 Å². The number of anilines is 1. The molecule has 1 saturated heterocycles. The maximum Gasteiger partial charge on any atom is 0.253 e. The molecule has 1 heterocycles. The molecule has 5 rings (SSSR count). The molecule has 0 bridgehead atoms. The molecule has 184 valence electrons. The molecule has 1 fully saturated rings. The molecule has 1 aliphatic heterocycles. The van der Waals surface area contributed by atoms with Gasteiger partial charge in [0, 0.05) is 37.3 Å². The van der Waals surface area contributed by atoms with Gasteiger partial charge in [-0.3, -0.25) is 4.79 Å². The zero-order chi connectivity index (χ0) is 24.9. The van der Waals surface area contributed by atoms with Gasteiger partial charge in [0.1, 0.15) is 23.9 Å². The van der Waals surface area contributed by atoms with E-state index in [2.05, 4.69) is 12.1 Å². The molecule has 0 spiro atoms. The molecule has 0 N–H and O–H groups in total. The van der Waals surface area contributed by atoms with Gasteiger partial charge in [0.05, 0.1) is 12.3 Å². The average molecular weight is 485 g/mol. The van der Waals surface area contributed by atoms with Crippen LogP contribution in [-0.2, 0) is 6.61 Å². The van der Waals surface area contributed by atoms with Crippen molar-refractivity contribution in [2.75, 3.05) is 37.7 Å². The number of halogens is 1. The first-order chi connectivity index (χ1) is 17.6. The third kappa shape index (κ3) is 5.13. The Kier molecular flexibility index (Phi) is 7.03. The van der Waals surface area contributed by atoms with Crippen molar-refractivity contribution in [1.29, 1.82) is 0 Å². The summed E-state index contributed by atoms with van der Waals surface area (Å²) in [5.41, 5.74) is 1.99. The zero-order valence-electron chi connectivity index (χ0n) is 20.3. The molecule has 5 nitrogen and oxygen atoms in total. The molecule has 0 atom stereocenters. The highest BCUT2D eigenvalue weighted by Crippen LogP contribution is 2.26. The normalized spacial score (nSPS) is 13.6. The van der Waals surface area contributed by atoms with Crippen LogP contribution in [0, 0.1) is 5.82 Å². The topological polar surface area (TPSA) is 42.0 Å². The zero-order valence-corrected chi connectivity index (χ0v) is 20.3. The SMILES string of the molecule is CCOc1ccc(C(=O)N2CCN(c3ccccc3F)CC2)cc1COc1ccc2ccccc2c1. The van der Waals surface area contributed by atoms with Crippen molar-refractivity contribution in [3.63, 3.8) is 0 Å². The average Bonchev–Trinajstić information content (AvgIpc) is 2.92. The van der Waals surface area contributed by atoms with E-state index in [1.165, 1.54) is 6.07 Å². The summed E-state index contributed by atoms with van der Waals surface area (Å²) in [7, 11) is 0. The second-order valence-corrected chi connectivity index (χ2v) is 8.78. The van der Waals surface area contributed by atoms with Gasteiger partial charge in [0.2, 0.25) is 0 Å². The third-order valence-electron chi connectivity index (χ3n) is 6.48. The van der Waals surface area contributed by atoms with Crippen molar-refractivity contribution < 1.29 is 18.7 Å². The summed E-state index contributed by atoms with van der Waals surface area (Å²) >= 11 is 0. The lowest BCUT2D eigenvalue weighted by Gasteiger charge is -2.36. The van der Waals surface area contributed by atoms with Crippen LogP contribution in [0.2, 0.25) is 0 Å². The van der Waals surface area contributed by atoms with E-state index in [-0.39, 0.29) is 18.3 Å². The van der Waals surface area contributed by atoms with E-state index in [9.17, 15) is 9.18 Å². The quantitative estimate of drug-likeness (QED) is 0.327. The Balaban J connectivity index is 1.28. The van der Waals surface area contributed by atoms with Gasteiger partial charge in [-0.05, 0) is 60.2 Å². The number of carbonyl (C=O) groups is 1. The summed E-state index contributed by atoms with van der Waals surface area (Å²) in [5.74, 6) is 1.19. The summed E-state index contributed by atoms with van der Waals surface area (Å²) in [6, 6.07) is 26.4. The van der Waals surface area contributed by atoms with E-state index < -0.39 is 0 Å². The van der Waals surface area contributed by atoms with Crippen molar-refractivity contribution in [1.82, 2.24) is 4.90 Å². The number of nitrogens with zero attached hydrogens (tertiary/aromatic N) is 2. The van der Waals surface area contributed by atoms with Crippen molar-refractivity contribution >= 4 is 22.4 Å². The second kappa shape index (κ2) is 10.7. The first-order valence-electron chi connectivity index (χ1n) is 12.3. The Morgan fingerprint density at radius 2 is 1.58 bits per heavy atom. The molecular weight excluding hydrogens is 455 g/mol. The second-order valence-electron chi connectivity index (χ2n) is 8.78. The predicted octanol–water partition coefficient (Wildman–Crippen LogP) is 5.92. The van der Waals surface area contributed by atoms with Crippen LogP contribution >= 0.6 is 0 Å². The fraction of sp³-hybridized carbons (Fsp3) is 0.233.